The number of aromatic hydroxyl groups is 1. The van der Waals surface area contributed by atoms with Gasteiger partial charge in [0.25, 0.3) is 0 Å². The van der Waals surface area contributed by atoms with E-state index in [2.05, 4.69) is 10.2 Å². The van der Waals surface area contributed by atoms with Gasteiger partial charge in [0.2, 0.25) is 0 Å². The molecule has 0 radical (unpaired) electrons. The first-order chi connectivity index (χ1) is 10.3. The maximum atomic E-state index is 12.5. The zero-order valence-corrected chi connectivity index (χ0v) is 12.0. The number of phenols is 1. The molecule has 0 spiro atoms. The van der Waals surface area contributed by atoms with E-state index in [1.807, 2.05) is 30.3 Å². The second-order valence-electron chi connectivity index (χ2n) is 5.45. The van der Waals surface area contributed by atoms with Gasteiger partial charge in [0.15, 0.2) is 5.78 Å². The molecule has 3 rings (SSSR count). The third kappa shape index (κ3) is 3.06. The van der Waals surface area contributed by atoms with E-state index in [9.17, 15) is 9.90 Å². The predicted octanol–water partition coefficient (Wildman–Crippen LogP) is 2.02. The van der Waals surface area contributed by atoms with Crippen LogP contribution < -0.4 is 5.32 Å². The summed E-state index contributed by atoms with van der Waals surface area (Å²) in [6.45, 7) is 4.67. The van der Waals surface area contributed by atoms with Gasteiger partial charge >= 0.3 is 0 Å². The molecular weight excluding hydrogens is 264 g/mol. The number of Topliss-reactive ketones (excluding diaryl/α,β-unsaturated/α-hetero) is 1. The van der Waals surface area contributed by atoms with Crippen LogP contribution >= 0.6 is 0 Å². The maximum absolute atomic E-state index is 12.5. The first kappa shape index (κ1) is 14.0. The third-order valence-electron chi connectivity index (χ3n) is 4.05. The first-order valence-electron chi connectivity index (χ1n) is 7.43. The number of fused-ring (bicyclic) bond motifs is 1. The van der Waals surface area contributed by atoms with Gasteiger partial charge in [-0.25, -0.2) is 0 Å². The Morgan fingerprint density at radius 1 is 1.14 bits per heavy atom. The average Bonchev–Trinajstić information content (AvgIpc) is 2.53. The number of hydrogen-bond donors (Lipinski definition) is 2. The highest BCUT2D eigenvalue weighted by Gasteiger charge is 2.17. The molecule has 110 valence electrons. The van der Waals surface area contributed by atoms with Crippen LogP contribution in [0.25, 0.3) is 10.8 Å². The van der Waals surface area contributed by atoms with Gasteiger partial charge in [0.05, 0.1) is 5.56 Å². The average molecular weight is 284 g/mol. The van der Waals surface area contributed by atoms with E-state index in [1.165, 1.54) is 0 Å². The molecule has 2 aromatic rings. The minimum absolute atomic E-state index is 0.0165. The van der Waals surface area contributed by atoms with Crippen LogP contribution in [0.4, 0.5) is 0 Å². The number of nitrogens with one attached hydrogen (secondary N) is 1. The van der Waals surface area contributed by atoms with E-state index >= 15 is 0 Å². The van der Waals surface area contributed by atoms with E-state index in [4.69, 9.17) is 0 Å². The van der Waals surface area contributed by atoms with Crippen molar-refractivity contribution in [2.24, 2.45) is 0 Å². The van der Waals surface area contributed by atoms with Crippen molar-refractivity contribution in [3.05, 3.63) is 42.0 Å². The number of piperazine rings is 1. The molecule has 2 N–H and O–H groups in total. The molecule has 1 aliphatic heterocycles. The van der Waals surface area contributed by atoms with Gasteiger partial charge < -0.3 is 15.3 Å². The lowest BCUT2D eigenvalue weighted by molar-refractivity contribution is 0.0960. The number of rotatable bonds is 4. The number of carbonyl (C=O) groups excluding carboxylic acids is 1. The molecule has 0 bridgehead atoms. The van der Waals surface area contributed by atoms with Crippen LogP contribution in [0.1, 0.15) is 16.8 Å². The highest BCUT2D eigenvalue weighted by atomic mass is 16.3. The molecule has 1 aliphatic rings. The van der Waals surface area contributed by atoms with Crippen LogP contribution in [-0.2, 0) is 0 Å². The number of benzene rings is 2. The molecule has 0 amide bonds. The van der Waals surface area contributed by atoms with Crippen LogP contribution in [0.15, 0.2) is 36.4 Å². The monoisotopic (exact) mass is 284 g/mol. The Labute approximate surface area is 124 Å². The van der Waals surface area contributed by atoms with E-state index in [1.54, 1.807) is 6.07 Å². The Bertz CT molecular complexity index is 648. The smallest absolute Gasteiger partial charge is 0.168 e. The zero-order chi connectivity index (χ0) is 14.7. The fraction of sp³-hybridized carbons (Fsp3) is 0.353. The molecule has 2 aromatic carbocycles. The van der Waals surface area contributed by atoms with Crippen molar-refractivity contribution in [1.29, 1.82) is 0 Å². The minimum Gasteiger partial charge on any atom is -0.507 e. The minimum atomic E-state index is 0.0165. The summed E-state index contributed by atoms with van der Waals surface area (Å²) in [5.74, 6) is 0.0989. The molecule has 1 heterocycles. The van der Waals surface area contributed by atoms with Crippen LogP contribution in [-0.4, -0.2) is 48.5 Å². The molecule has 0 saturated carbocycles. The Morgan fingerprint density at radius 3 is 2.71 bits per heavy atom. The Hall–Kier alpha value is -1.91. The van der Waals surface area contributed by atoms with Crippen molar-refractivity contribution >= 4 is 16.6 Å². The summed E-state index contributed by atoms with van der Waals surface area (Å²) in [6, 6.07) is 11.1. The molecule has 4 nitrogen and oxygen atoms in total. The second kappa shape index (κ2) is 6.24. The third-order valence-corrected chi connectivity index (χ3v) is 4.05. The summed E-state index contributed by atoms with van der Waals surface area (Å²) in [5.41, 5.74) is 0.461. The van der Waals surface area contributed by atoms with Crippen molar-refractivity contribution in [3.63, 3.8) is 0 Å². The quantitative estimate of drug-likeness (QED) is 0.844. The molecule has 21 heavy (non-hydrogen) atoms. The van der Waals surface area contributed by atoms with Gasteiger partial charge in [-0.05, 0) is 16.8 Å². The van der Waals surface area contributed by atoms with E-state index in [0.717, 1.165) is 43.5 Å². The van der Waals surface area contributed by atoms with E-state index in [-0.39, 0.29) is 11.5 Å². The molecule has 0 atom stereocenters. The van der Waals surface area contributed by atoms with Crippen LogP contribution in [0.3, 0.4) is 0 Å². The second-order valence-corrected chi connectivity index (χ2v) is 5.45. The molecule has 4 heteroatoms. The zero-order valence-electron chi connectivity index (χ0n) is 12.0. The largest absolute Gasteiger partial charge is 0.507 e. The predicted molar refractivity (Wildman–Crippen MR) is 83.9 cm³/mol. The standard InChI is InChI=1S/C17H20N2O2/c20-15-6-5-13-3-1-2-4-14(13)17(15)16(21)7-10-19-11-8-18-9-12-19/h1-6,18,20H,7-12H2. The lowest BCUT2D eigenvalue weighted by atomic mass is 9.98. The highest BCUT2D eigenvalue weighted by molar-refractivity contribution is 6.10. The van der Waals surface area contributed by atoms with Crippen LogP contribution in [0.2, 0.25) is 0 Å². The Balaban J connectivity index is 1.79. The summed E-state index contributed by atoms with van der Waals surface area (Å²) in [6.07, 6.45) is 0.446. The number of nitrogens with zero attached hydrogens (tertiary/aromatic N) is 1. The van der Waals surface area contributed by atoms with Gasteiger partial charge in [0.1, 0.15) is 5.75 Å². The fourth-order valence-electron chi connectivity index (χ4n) is 2.87. The number of phenolic OH excluding ortho intramolecular Hbond substituents is 1. The highest BCUT2D eigenvalue weighted by Crippen LogP contribution is 2.28. The Kier molecular flexibility index (Phi) is 4.18. The summed E-state index contributed by atoms with van der Waals surface area (Å²) in [4.78, 5) is 14.8. The van der Waals surface area contributed by atoms with Crippen LogP contribution in [0, 0.1) is 0 Å². The van der Waals surface area contributed by atoms with Crippen molar-refractivity contribution in [3.8, 4) is 5.75 Å². The van der Waals surface area contributed by atoms with Crippen molar-refractivity contribution in [2.45, 2.75) is 6.42 Å². The van der Waals surface area contributed by atoms with Gasteiger partial charge in [0, 0.05) is 39.1 Å². The lowest BCUT2D eigenvalue weighted by Gasteiger charge is -2.26. The number of ketones is 1. The van der Waals surface area contributed by atoms with Crippen LogP contribution in [0.5, 0.6) is 5.75 Å². The number of carbonyl (C=O) groups is 1. The molecule has 0 aromatic heterocycles. The molecule has 0 unspecified atom stereocenters. The maximum Gasteiger partial charge on any atom is 0.168 e. The van der Waals surface area contributed by atoms with Gasteiger partial charge in [-0.1, -0.05) is 30.3 Å². The lowest BCUT2D eigenvalue weighted by Crippen LogP contribution is -2.44. The molecule has 0 aliphatic carbocycles. The van der Waals surface area contributed by atoms with Crippen molar-refractivity contribution in [1.82, 2.24) is 10.2 Å². The number of hydrogen-bond acceptors (Lipinski definition) is 4. The first-order valence-corrected chi connectivity index (χ1v) is 7.43. The fourth-order valence-corrected chi connectivity index (χ4v) is 2.87. The topological polar surface area (TPSA) is 52.6 Å². The van der Waals surface area contributed by atoms with E-state index in [0.29, 0.717) is 12.0 Å². The van der Waals surface area contributed by atoms with Gasteiger partial charge in [-0.2, -0.15) is 0 Å². The van der Waals surface area contributed by atoms with Crippen molar-refractivity contribution < 1.29 is 9.90 Å². The Morgan fingerprint density at radius 2 is 1.90 bits per heavy atom. The molecule has 1 saturated heterocycles. The van der Waals surface area contributed by atoms with Gasteiger partial charge in [-0.15, -0.1) is 0 Å². The summed E-state index contributed by atoms with van der Waals surface area (Å²) >= 11 is 0. The summed E-state index contributed by atoms with van der Waals surface area (Å²) in [5, 5.41) is 15.2. The summed E-state index contributed by atoms with van der Waals surface area (Å²) in [7, 11) is 0. The normalized spacial score (nSPS) is 16.2. The summed E-state index contributed by atoms with van der Waals surface area (Å²) < 4.78 is 0. The molecule has 1 fully saturated rings. The SMILES string of the molecule is O=C(CCN1CCNCC1)c1c(O)ccc2ccccc12. The van der Waals surface area contributed by atoms with E-state index < -0.39 is 0 Å². The molecular formula is C17H20N2O2. The van der Waals surface area contributed by atoms with Crippen molar-refractivity contribution in [2.75, 3.05) is 32.7 Å². The van der Waals surface area contributed by atoms with Gasteiger partial charge in [-0.3, -0.25) is 4.79 Å².